The normalized spacial score (nSPS) is 20.3. The Hall–Kier alpha value is -3.25. The Morgan fingerprint density at radius 3 is 2.69 bits per heavy atom. The highest BCUT2D eigenvalue weighted by Crippen LogP contribution is 2.36. The van der Waals surface area contributed by atoms with Gasteiger partial charge in [-0.3, -0.25) is 14.7 Å². The van der Waals surface area contributed by atoms with Gasteiger partial charge in [-0.15, -0.1) is 0 Å². The Balaban J connectivity index is 1.34. The molecule has 1 aromatic heterocycles. The van der Waals surface area contributed by atoms with Crippen LogP contribution in [0, 0.1) is 11.7 Å². The van der Waals surface area contributed by atoms with E-state index in [4.69, 9.17) is 0 Å². The number of para-hydroxylation sites is 1. The summed E-state index contributed by atoms with van der Waals surface area (Å²) in [6.45, 7) is 3.82. The van der Waals surface area contributed by atoms with Crippen molar-refractivity contribution in [1.82, 2.24) is 15.2 Å². The molecule has 1 fully saturated rings. The van der Waals surface area contributed by atoms with Crippen molar-refractivity contribution in [3.63, 3.8) is 0 Å². The van der Waals surface area contributed by atoms with E-state index in [1.54, 1.807) is 12.4 Å². The molecule has 0 aliphatic carbocycles. The van der Waals surface area contributed by atoms with Crippen LogP contribution in [-0.2, 0) is 24.3 Å². The highest BCUT2D eigenvalue weighted by Gasteiger charge is 2.41. The van der Waals surface area contributed by atoms with E-state index in [0.29, 0.717) is 6.54 Å². The molecule has 32 heavy (non-hydrogen) atoms. The van der Waals surface area contributed by atoms with Crippen molar-refractivity contribution in [2.45, 2.75) is 25.6 Å². The molecule has 2 atom stereocenters. The Bertz CT molecular complexity index is 1070. The maximum atomic E-state index is 13.3. The van der Waals surface area contributed by atoms with Gasteiger partial charge in [0.1, 0.15) is 5.82 Å². The van der Waals surface area contributed by atoms with Crippen LogP contribution in [0.2, 0.25) is 0 Å². The lowest BCUT2D eigenvalue weighted by atomic mass is 9.83. The first kappa shape index (κ1) is 20.6. The van der Waals surface area contributed by atoms with Crippen LogP contribution >= 0.6 is 0 Å². The number of aromatic nitrogens is 1. The maximum absolute atomic E-state index is 13.3. The van der Waals surface area contributed by atoms with Gasteiger partial charge >= 0.3 is 0 Å². The van der Waals surface area contributed by atoms with E-state index in [2.05, 4.69) is 44.4 Å². The summed E-state index contributed by atoms with van der Waals surface area (Å²) in [6.07, 6.45) is 4.26. The second-order valence-corrected chi connectivity index (χ2v) is 8.64. The fourth-order valence-electron chi connectivity index (χ4n) is 4.93. The predicted molar refractivity (Wildman–Crippen MR) is 123 cm³/mol. The monoisotopic (exact) mass is 430 g/mol. The van der Waals surface area contributed by atoms with Gasteiger partial charge in [-0.2, -0.15) is 0 Å². The first-order valence-electron chi connectivity index (χ1n) is 11.2. The van der Waals surface area contributed by atoms with Gasteiger partial charge in [-0.05, 0) is 47.4 Å². The number of nitrogens with zero attached hydrogens (tertiary/aromatic N) is 3. The summed E-state index contributed by atoms with van der Waals surface area (Å²) in [7, 11) is 0. The SMILES string of the molecule is O=C(NCc1cccnc1)C1Cc2ccccc2N2CCN(Cc3ccc(F)cc3)CC12. The number of amides is 1. The number of carbonyl (C=O) groups excluding carboxylic acids is 1. The van der Waals surface area contributed by atoms with Gasteiger partial charge in [0, 0.05) is 50.8 Å². The van der Waals surface area contributed by atoms with E-state index in [1.165, 1.54) is 23.4 Å². The lowest BCUT2D eigenvalue weighted by Gasteiger charge is -2.49. The molecule has 0 spiro atoms. The first-order chi connectivity index (χ1) is 15.7. The molecule has 3 heterocycles. The van der Waals surface area contributed by atoms with Gasteiger partial charge in [0.2, 0.25) is 5.91 Å². The van der Waals surface area contributed by atoms with Crippen molar-refractivity contribution in [2.75, 3.05) is 24.5 Å². The number of carbonyl (C=O) groups is 1. The summed E-state index contributed by atoms with van der Waals surface area (Å²) in [5.74, 6) is -0.257. The molecule has 3 aromatic rings. The number of benzene rings is 2. The third-order valence-electron chi connectivity index (χ3n) is 6.55. The maximum Gasteiger partial charge on any atom is 0.225 e. The number of halogens is 1. The van der Waals surface area contributed by atoms with Crippen LogP contribution in [0.15, 0.2) is 73.1 Å². The van der Waals surface area contributed by atoms with E-state index in [1.807, 2.05) is 24.3 Å². The zero-order valence-corrected chi connectivity index (χ0v) is 18.0. The number of rotatable bonds is 5. The number of hydrogen-bond donors (Lipinski definition) is 1. The molecule has 5 rings (SSSR count). The molecule has 1 amide bonds. The third-order valence-corrected chi connectivity index (χ3v) is 6.55. The number of hydrogen-bond acceptors (Lipinski definition) is 4. The standard InChI is InChI=1S/C26H27FN4O/c27-22-9-7-19(8-10-22)17-30-12-13-31-24-6-2-1-5-21(24)14-23(25(31)18-30)26(32)29-16-20-4-3-11-28-15-20/h1-11,15,23,25H,12-14,16-18H2,(H,29,32). The predicted octanol–water partition coefficient (Wildman–Crippen LogP) is 3.40. The quantitative estimate of drug-likeness (QED) is 0.674. The zero-order valence-electron chi connectivity index (χ0n) is 18.0. The van der Waals surface area contributed by atoms with E-state index >= 15 is 0 Å². The zero-order chi connectivity index (χ0) is 21.9. The molecule has 164 valence electrons. The second-order valence-electron chi connectivity index (χ2n) is 8.64. The van der Waals surface area contributed by atoms with Crippen LogP contribution in [0.25, 0.3) is 0 Å². The van der Waals surface area contributed by atoms with Gasteiger partial charge in [-0.25, -0.2) is 4.39 Å². The van der Waals surface area contributed by atoms with Crippen molar-refractivity contribution in [1.29, 1.82) is 0 Å². The van der Waals surface area contributed by atoms with Crippen molar-refractivity contribution >= 4 is 11.6 Å². The molecule has 2 unspecified atom stereocenters. The van der Waals surface area contributed by atoms with Crippen LogP contribution in [0.5, 0.6) is 0 Å². The van der Waals surface area contributed by atoms with Crippen molar-refractivity contribution in [2.24, 2.45) is 5.92 Å². The minimum Gasteiger partial charge on any atom is -0.365 e. The lowest BCUT2D eigenvalue weighted by Crippen LogP contribution is -2.60. The topological polar surface area (TPSA) is 48.5 Å². The van der Waals surface area contributed by atoms with Crippen LogP contribution in [-0.4, -0.2) is 41.5 Å². The van der Waals surface area contributed by atoms with Gasteiger partial charge in [0.25, 0.3) is 0 Å². The number of anilines is 1. The molecular weight excluding hydrogens is 403 g/mol. The summed E-state index contributed by atoms with van der Waals surface area (Å²) >= 11 is 0. The fourth-order valence-corrected chi connectivity index (χ4v) is 4.93. The number of piperazine rings is 1. The fraction of sp³-hybridized carbons (Fsp3) is 0.308. The summed E-state index contributed by atoms with van der Waals surface area (Å²) < 4.78 is 13.3. The molecule has 0 bridgehead atoms. The molecule has 6 heteroatoms. The van der Waals surface area contributed by atoms with Gasteiger partial charge in [0.05, 0.1) is 12.0 Å². The van der Waals surface area contributed by atoms with Crippen LogP contribution < -0.4 is 10.2 Å². The highest BCUT2D eigenvalue weighted by atomic mass is 19.1. The average molecular weight is 431 g/mol. The minimum absolute atomic E-state index is 0.0852. The largest absolute Gasteiger partial charge is 0.365 e. The minimum atomic E-state index is -0.215. The second kappa shape index (κ2) is 9.09. The number of nitrogens with one attached hydrogen (secondary N) is 1. The third kappa shape index (κ3) is 4.36. The van der Waals surface area contributed by atoms with Crippen molar-refractivity contribution in [3.05, 3.63) is 95.6 Å². The highest BCUT2D eigenvalue weighted by molar-refractivity contribution is 5.82. The Labute approximate surface area is 187 Å². The van der Waals surface area contributed by atoms with E-state index in [-0.39, 0.29) is 23.7 Å². The molecule has 2 aliphatic rings. The average Bonchev–Trinajstić information content (AvgIpc) is 2.84. The van der Waals surface area contributed by atoms with Gasteiger partial charge < -0.3 is 10.2 Å². The van der Waals surface area contributed by atoms with Crippen LogP contribution in [0.4, 0.5) is 10.1 Å². The Morgan fingerprint density at radius 1 is 1.03 bits per heavy atom. The van der Waals surface area contributed by atoms with Gasteiger partial charge in [-0.1, -0.05) is 36.4 Å². The molecule has 5 nitrogen and oxygen atoms in total. The molecule has 0 saturated carbocycles. The lowest BCUT2D eigenvalue weighted by molar-refractivity contribution is -0.126. The molecule has 1 N–H and O–H groups in total. The summed E-state index contributed by atoms with van der Waals surface area (Å²) in [5, 5.41) is 3.14. The Morgan fingerprint density at radius 2 is 1.88 bits per heavy atom. The molecular formula is C26H27FN4O. The van der Waals surface area contributed by atoms with Crippen molar-refractivity contribution in [3.8, 4) is 0 Å². The molecule has 1 saturated heterocycles. The van der Waals surface area contributed by atoms with E-state index < -0.39 is 0 Å². The summed E-state index contributed by atoms with van der Waals surface area (Å²) in [4.78, 5) is 22.2. The summed E-state index contributed by atoms with van der Waals surface area (Å²) in [5.41, 5.74) is 4.57. The Kier molecular flexibility index (Phi) is 5.86. The van der Waals surface area contributed by atoms with E-state index in [0.717, 1.165) is 43.7 Å². The number of fused-ring (bicyclic) bond motifs is 3. The summed E-state index contributed by atoms with van der Waals surface area (Å²) in [6, 6.07) is 19.1. The smallest absolute Gasteiger partial charge is 0.225 e. The van der Waals surface area contributed by atoms with Gasteiger partial charge in [0.15, 0.2) is 0 Å². The van der Waals surface area contributed by atoms with Crippen LogP contribution in [0.3, 0.4) is 0 Å². The molecule has 2 aromatic carbocycles. The first-order valence-corrected chi connectivity index (χ1v) is 11.2. The van der Waals surface area contributed by atoms with Crippen LogP contribution in [0.1, 0.15) is 16.7 Å². The van der Waals surface area contributed by atoms with E-state index in [9.17, 15) is 9.18 Å². The number of pyridine rings is 1. The molecule has 2 aliphatic heterocycles. The molecule has 0 radical (unpaired) electrons. The van der Waals surface area contributed by atoms with Crippen molar-refractivity contribution < 1.29 is 9.18 Å².